The Morgan fingerprint density at radius 2 is 1.82 bits per heavy atom. The molecule has 17 heavy (non-hydrogen) atoms. The van der Waals surface area contributed by atoms with Gasteiger partial charge in [0.25, 0.3) is 0 Å². The summed E-state index contributed by atoms with van der Waals surface area (Å²) in [5, 5.41) is 0. The van der Waals surface area contributed by atoms with Crippen molar-refractivity contribution in [1.82, 2.24) is 9.80 Å². The van der Waals surface area contributed by atoms with Crippen LogP contribution in [0.2, 0.25) is 0 Å². The van der Waals surface area contributed by atoms with Gasteiger partial charge in [-0.25, -0.2) is 0 Å². The Balaban J connectivity index is 1.55. The predicted molar refractivity (Wildman–Crippen MR) is 71.0 cm³/mol. The lowest BCUT2D eigenvalue weighted by Crippen LogP contribution is -2.41. The smallest absolute Gasteiger partial charge is 0.0223 e. The summed E-state index contributed by atoms with van der Waals surface area (Å²) in [5.41, 5.74) is 6.20. The molecule has 0 amide bonds. The van der Waals surface area contributed by atoms with Crippen LogP contribution in [0.5, 0.6) is 0 Å². The summed E-state index contributed by atoms with van der Waals surface area (Å²) in [6, 6.07) is 1.34. The molecule has 0 aromatic carbocycles. The molecule has 1 aliphatic carbocycles. The Morgan fingerprint density at radius 3 is 2.65 bits per heavy atom. The first kappa shape index (κ1) is 11.9. The molecule has 3 nitrogen and oxygen atoms in total. The van der Waals surface area contributed by atoms with E-state index in [-0.39, 0.29) is 0 Å². The third-order valence-electron chi connectivity index (χ3n) is 5.10. The quantitative estimate of drug-likeness (QED) is 0.785. The van der Waals surface area contributed by atoms with Crippen molar-refractivity contribution >= 4 is 0 Å². The Kier molecular flexibility index (Phi) is 3.69. The average Bonchev–Trinajstić information content (AvgIpc) is 2.86. The Labute approximate surface area is 105 Å². The number of hydrogen-bond acceptors (Lipinski definition) is 3. The molecule has 0 spiro atoms. The number of fused-ring (bicyclic) bond motifs is 1. The molecular weight excluding hydrogens is 210 g/mol. The van der Waals surface area contributed by atoms with Gasteiger partial charge in [-0.05, 0) is 57.7 Å². The van der Waals surface area contributed by atoms with Crippen LogP contribution in [0.3, 0.4) is 0 Å². The van der Waals surface area contributed by atoms with E-state index in [1.807, 2.05) is 0 Å². The zero-order chi connectivity index (χ0) is 11.7. The highest BCUT2D eigenvalue weighted by Crippen LogP contribution is 2.27. The van der Waals surface area contributed by atoms with Gasteiger partial charge in [0.15, 0.2) is 0 Å². The van der Waals surface area contributed by atoms with Crippen molar-refractivity contribution in [3.63, 3.8) is 0 Å². The SMILES string of the molecule is NC1CCCC1CN1CCCN2CCCC2C1. The molecule has 0 radical (unpaired) electrons. The monoisotopic (exact) mass is 237 g/mol. The van der Waals surface area contributed by atoms with E-state index in [0.717, 1.165) is 12.0 Å². The summed E-state index contributed by atoms with van der Waals surface area (Å²) in [6.45, 7) is 6.56. The van der Waals surface area contributed by atoms with Crippen LogP contribution < -0.4 is 5.73 Å². The molecule has 3 aliphatic rings. The summed E-state index contributed by atoms with van der Waals surface area (Å²) in [6.07, 6.45) is 8.18. The van der Waals surface area contributed by atoms with Crippen molar-refractivity contribution in [1.29, 1.82) is 0 Å². The molecule has 3 unspecified atom stereocenters. The minimum absolute atomic E-state index is 0.484. The van der Waals surface area contributed by atoms with Gasteiger partial charge in [-0.1, -0.05) is 6.42 Å². The van der Waals surface area contributed by atoms with Crippen LogP contribution in [0.15, 0.2) is 0 Å². The van der Waals surface area contributed by atoms with Crippen molar-refractivity contribution in [2.75, 3.05) is 32.7 Å². The molecule has 98 valence electrons. The van der Waals surface area contributed by atoms with Crippen LogP contribution in [0.1, 0.15) is 38.5 Å². The number of nitrogens with zero attached hydrogens (tertiary/aromatic N) is 2. The van der Waals surface area contributed by atoms with Crippen molar-refractivity contribution in [3.8, 4) is 0 Å². The van der Waals surface area contributed by atoms with Gasteiger partial charge in [0.05, 0.1) is 0 Å². The van der Waals surface area contributed by atoms with Crippen LogP contribution in [-0.4, -0.2) is 54.6 Å². The zero-order valence-corrected chi connectivity index (χ0v) is 11.0. The van der Waals surface area contributed by atoms with Gasteiger partial charge in [-0.3, -0.25) is 4.90 Å². The van der Waals surface area contributed by atoms with Gasteiger partial charge in [-0.15, -0.1) is 0 Å². The van der Waals surface area contributed by atoms with E-state index >= 15 is 0 Å². The third kappa shape index (κ3) is 2.67. The molecule has 0 bridgehead atoms. The second-order valence-corrected chi connectivity index (χ2v) is 6.30. The fourth-order valence-electron chi connectivity index (χ4n) is 4.07. The molecule has 2 saturated heterocycles. The highest BCUT2D eigenvalue weighted by atomic mass is 15.3. The largest absolute Gasteiger partial charge is 0.327 e. The molecule has 3 heteroatoms. The highest BCUT2D eigenvalue weighted by molar-refractivity contribution is 4.88. The summed E-state index contributed by atoms with van der Waals surface area (Å²) < 4.78 is 0. The summed E-state index contributed by atoms with van der Waals surface area (Å²) in [5.74, 6) is 0.781. The van der Waals surface area contributed by atoms with Crippen LogP contribution in [-0.2, 0) is 0 Å². The lowest BCUT2D eigenvalue weighted by molar-refractivity contribution is 0.194. The summed E-state index contributed by atoms with van der Waals surface area (Å²) in [7, 11) is 0. The number of rotatable bonds is 2. The second-order valence-electron chi connectivity index (χ2n) is 6.30. The molecule has 2 heterocycles. The molecule has 3 atom stereocenters. The van der Waals surface area contributed by atoms with Crippen LogP contribution >= 0.6 is 0 Å². The molecule has 3 rings (SSSR count). The van der Waals surface area contributed by atoms with Gasteiger partial charge in [0.1, 0.15) is 0 Å². The van der Waals surface area contributed by atoms with E-state index in [1.165, 1.54) is 71.2 Å². The second kappa shape index (κ2) is 5.25. The van der Waals surface area contributed by atoms with E-state index in [1.54, 1.807) is 0 Å². The first-order valence-corrected chi connectivity index (χ1v) is 7.55. The molecule has 0 aromatic heterocycles. The van der Waals surface area contributed by atoms with E-state index < -0.39 is 0 Å². The molecular formula is C14H27N3. The molecule has 0 aromatic rings. The van der Waals surface area contributed by atoms with Gasteiger partial charge >= 0.3 is 0 Å². The average molecular weight is 237 g/mol. The van der Waals surface area contributed by atoms with Gasteiger partial charge in [-0.2, -0.15) is 0 Å². The van der Waals surface area contributed by atoms with Crippen LogP contribution in [0.25, 0.3) is 0 Å². The fraction of sp³-hybridized carbons (Fsp3) is 1.00. The molecule has 2 aliphatic heterocycles. The standard InChI is InChI=1S/C14H27N3/c15-14-6-1-4-12(14)10-16-7-3-9-17-8-2-5-13(17)11-16/h12-14H,1-11,15H2. The molecule has 3 fully saturated rings. The minimum atomic E-state index is 0.484. The predicted octanol–water partition coefficient (Wildman–Crippen LogP) is 1.28. The van der Waals surface area contributed by atoms with Gasteiger partial charge in [0.2, 0.25) is 0 Å². The summed E-state index contributed by atoms with van der Waals surface area (Å²) in [4.78, 5) is 5.43. The maximum atomic E-state index is 6.20. The topological polar surface area (TPSA) is 32.5 Å². The third-order valence-corrected chi connectivity index (χ3v) is 5.10. The molecule has 2 N–H and O–H groups in total. The van der Waals surface area contributed by atoms with E-state index in [4.69, 9.17) is 5.73 Å². The Bertz CT molecular complexity index is 256. The Hall–Kier alpha value is -0.120. The van der Waals surface area contributed by atoms with E-state index in [2.05, 4.69) is 9.80 Å². The normalized spacial score (nSPS) is 40.4. The lowest BCUT2D eigenvalue weighted by atomic mass is 10.0. The van der Waals surface area contributed by atoms with Crippen molar-refractivity contribution in [3.05, 3.63) is 0 Å². The van der Waals surface area contributed by atoms with Crippen molar-refractivity contribution < 1.29 is 0 Å². The van der Waals surface area contributed by atoms with Crippen LogP contribution in [0, 0.1) is 5.92 Å². The first-order chi connectivity index (χ1) is 8.33. The zero-order valence-electron chi connectivity index (χ0n) is 11.0. The van der Waals surface area contributed by atoms with Gasteiger partial charge in [0, 0.05) is 25.2 Å². The molecule has 1 saturated carbocycles. The van der Waals surface area contributed by atoms with Crippen molar-refractivity contribution in [2.45, 2.75) is 50.6 Å². The summed E-state index contributed by atoms with van der Waals surface area (Å²) >= 11 is 0. The van der Waals surface area contributed by atoms with E-state index in [0.29, 0.717) is 6.04 Å². The van der Waals surface area contributed by atoms with Crippen molar-refractivity contribution in [2.24, 2.45) is 11.7 Å². The van der Waals surface area contributed by atoms with Crippen LogP contribution in [0.4, 0.5) is 0 Å². The fourth-order valence-corrected chi connectivity index (χ4v) is 4.07. The van der Waals surface area contributed by atoms with E-state index in [9.17, 15) is 0 Å². The lowest BCUT2D eigenvalue weighted by Gasteiger charge is -2.29. The van der Waals surface area contributed by atoms with Gasteiger partial charge < -0.3 is 10.6 Å². The number of hydrogen-bond donors (Lipinski definition) is 1. The first-order valence-electron chi connectivity index (χ1n) is 7.55. The maximum Gasteiger partial charge on any atom is 0.0223 e. The Morgan fingerprint density at radius 1 is 0.941 bits per heavy atom. The highest BCUT2D eigenvalue weighted by Gasteiger charge is 2.31. The maximum absolute atomic E-state index is 6.20. The minimum Gasteiger partial charge on any atom is -0.327 e. The number of nitrogens with two attached hydrogens (primary N) is 1.